The van der Waals surface area contributed by atoms with Gasteiger partial charge in [-0.15, -0.1) is 0 Å². The molecule has 0 amide bonds. The van der Waals surface area contributed by atoms with E-state index in [-0.39, 0.29) is 5.97 Å². The highest BCUT2D eigenvalue weighted by molar-refractivity contribution is 5.67. The van der Waals surface area contributed by atoms with E-state index < -0.39 is 5.60 Å². The molecule has 4 heteroatoms. The molecule has 0 saturated carbocycles. The summed E-state index contributed by atoms with van der Waals surface area (Å²) in [6.07, 6.45) is 0.706. The monoisotopic (exact) mass is 240 g/mol. The van der Waals surface area contributed by atoms with Crippen LogP contribution in [0.15, 0.2) is 0 Å². The molecule has 0 unspecified atom stereocenters. The Morgan fingerprint density at radius 2 is 2.12 bits per heavy atom. The summed E-state index contributed by atoms with van der Waals surface area (Å²) in [7, 11) is 0. The van der Waals surface area contributed by atoms with Gasteiger partial charge in [-0.25, -0.2) is 0 Å². The fraction of sp³-hybridized carbons (Fsp3) is 0.769. The molecule has 0 aliphatic carbocycles. The molecule has 17 heavy (non-hydrogen) atoms. The van der Waals surface area contributed by atoms with Crippen LogP contribution in [0, 0.1) is 11.8 Å². The minimum absolute atomic E-state index is 0.276. The first-order valence-electron chi connectivity index (χ1n) is 6.16. The highest BCUT2D eigenvalue weighted by atomic mass is 16.6. The van der Waals surface area contributed by atoms with Crippen LogP contribution in [-0.4, -0.2) is 44.4 Å². The molecule has 0 aromatic heterocycles. The highest BCUT2D eigenvalue weighted by Crippen LogP contribution is 2.13. The second-order valence-electron chi connectivity index (χ2n) is 4.52. The van der Waals surface area contributed by atoms with Crippen molar-refractivity contribution < 1.29 is 19.2 Å². The van der Waals surface area contributed by atoms with Crippen LogP contribution < -0.4 is 4.90 Å². The van der Waals surface area contributed by atoms with Crippen molar-refractivity contribution in [3.8, 4) is 11.8 Å². The lowest BCUT2D eigenvalue weighted by Gasteiger charge is -2.23. The van der Waals surface area contributed by atoms with E-state index in [0.29, 0.717) is 6.42 Å². The van der Waals surface area contributed by atoms with Gasteiger partial charge in [0, 0.05) is 6.92 Å². The number of morpholine rings is 1. The first-order chi connectivity index (χ1) is 8.06. The zero-order valence-electron chi connectivity index (χ0n) is 11.0. The number of hydrogen-bond acceptors (Lipinski definition) is 3. The molecule has 1 saturated heterocycles. The van der Waals surface area contributed by atoms with E-state index in [9.17, 15) is 4.79 Å². The maximum Gasteiger partial charge on any atom is 0.304 e. The van der Waals surface area contributed by atoms with Crippen LogP contribution >= 0.6 is 0 Å². The average Bonchev–Trinajstić information content (AvgIpc) is 2.29. The average molecular weight is 240 g/mol. The molecule has 96 valence electrons. The Hall–Kier alpha value is -1.05. The zero-order chi connectivity index (χ0) is 12.7. The molecule has 0 spiro atoms. The Kier molecular flexibility index (Phi) is 5.46. The summed E-state index contributed by atoms with van der Waals surface area (Å²) < 4.78 is 10.5. The maximum atomic E-state index is 11.0. The Morgan fingerprint density at radius 1 is 1.47 bits per heavy atom. The van der Waals surface area contributed by atoms with Crippen molar-refractivity contribution in [1.82, 2.24) is 0 Å². The Balaban J connectivity index is 2.46. The lowest BCUT2D eigenvalue weighted by Crippen LogP contribution is -3.14. The van der Waals surface area contributed by atoms with E-state index in [2.05, 4.69) is 11.8 Å². The summed E-state index contributed by atoms with van der Waals surface area (Å²) in [6.45, 7) is 9.67. The molecule has 1 N–H and O–H groups in total. The Bertz CT molecular complexity index is 312. The summed E-state index contributed by atoms with van der Waals surface area (Å²) in [6, 6.07) is 0. The summed E-state index contributed by atoms with van der Waals surface area (Å²) in [5.41, 5.74) is -0.641. The van der Waals surface area contributed by atoms with E-state index in [1.807, 2.05) is 13.8 Å². The number of ether oxygens (including phenoxy) is 2. The third-order valence-corrected chi connectivity index (χ3v) is 2.93. The molecule has 1 atom stereocenters. The van der Waals surface area contributed by atoms with E-state index >= 15 is 0 Å². The second-order valence-corrected chi connectivity index (χ2v) is 4.52. The molecule has 1 aliphatic rings. The zero-order valence-corrected chi connectivity index (χ0v) is 11.0. The van der Waals surface area contributed by atoms with E-state index in [1.165, 1.54) is 11.8 Å². The van der Waals surface area contributed by atoms with Gasteiger partial charge in [0.05, 0.1) is 13.2 Å². The predicted molar refractivity (Wildman–Crippen MR) is 64.6 cm³/mol. The fourth-order valence-corrected chi connectivity index (χ4v) is 1.70. The fourth-order valence-electron chi connectivity index (χ4n) is 1.70. The summed E-state index contributed by atoms with van der Waals surface area (Å²) in [5, 5.41) is 0. The molecule has 1 rings (SSSR count). The van der Waals surface area contributed by atoms with E-state index in [1.54, 1.807) is 0 Å². The molecule has 4 nitrogen and oxygen atoms in total. The van der Waals surface area contributed by atoms with Crippen molar-refractivity contribution in [3.05, 3.63) is 0 Å². The lowest BCUT2D eigenvalue weighted by molar-refractivity contribution is -0.900. The Morgan fingerprint density at radius 3 is 2.65 bits per heavy atom. The topological polar surface area (TPSA) is 40.0 Å². The molecule has 1 heterocycles. The smallest absolute Gasteiger partial charge is 0.304 e. The molecule has 0 bridgehead atoms. The molecule has 1 aliphatic heterocycles. The standard InChI is InChI=1S/C13H21NO3/c1-4-13(3,17-12(2)15)6-5-7-14-8-10-16-11-9-14/h4,7-11H2,1-3H3/p+1/t13-/m0/s1. The van der Waals surface area contributed by atoms with Crippen molar-refractivity contribution >= 4 is 5.97 Å². The van der Waals surface area contributed by atoms with E-state index in [4.69, 9.17) is 9.47 Å². The van der Waals surface area contributed by atoms with Gasteiger partial charge in [0.1, 0.15) is 19.6 Å². The van der Waals surface area contributed by atoms with Gasteiger partial charge >= 0.3 is 5.97 Å². The largest absolute Gasteiger partial charge is 0.446 e. The molecule has 1 fully saturated rings. The number of carbonyl (C=O) groups excluding carboxylic acids is 1. The quantitative estimate of drug-likeness (QED) is 0.541. The number of quaternary nitrogens is 1. The van der Waals surface area contributed by atoms with Gasteiger partial charge in [0.2, 0.25) is 0 Å². The Labute approximate surface area is 103 Å². The van der Waals surface area contributed by atoms with Gasteiger partial charge in [0.15, 0.2) is 5.60 Å². The van der Waals surface area contributed by atoms with Crippen LogP contribution in [0.25, 0.3) is 0 Å². The minimum Gasteiger partial charge on any atom is -0.446 e. The van der Waals surface area contributed by atoms with Gasteiger partial charge in [-0.1, -0.05) is 6.92 Å². The highest BCUT2D eigenvalue weighted by Gasteiger charge is 2.22. The van der Waals surface area contributed by atoms with Crippen LogP contribution in [0.2, 0.25) is 0 Å². The number of rotatable bonds is 3. The van der Waals surface area contributed by atoms with Crippen molar-refractivity contribution in [2.75, 3.05) is 32.8 Å². The lowest BCUT2D eigenvalue weighted by atomic mass is 10.0. The van der Waals surface area contributed by atoms with Crippen LogP contribution in [0.4, 0.5) is 0 Å². The second kappa shape index (κ2) is 6.63. The number of carbonyl (C=O) groups is 1. The molecule has 0 radical (unpaired) electrons. The maximum absolute atomic E-state index is 11.0. The van der Waals surface area contributed by atoms with Crippen LogP contribution in [0.5, 0.6) is 0 Å². The van der Waals surface area contributed by atoms with Crippen molar-refractivity contribution in [2.24, 2.45) is 0 Å². The molecule has 0 aromatic rings. The van der Waals surface area contributed by atoms with Crippen LogP contribution in [0.3, 0.4) is 0 Å². The van der Waals surface area contributed by atoms with E-state index in [0.717, 1.165) is 32.8 Å². The van der Waals surface area contributed by atoms with Gasteiger partial charge in [-0.2, -0.15) is 0 Å². The van der Waals surface area contributed by atoms with Crippen molar-refractivity contribution in [2.45, 2.75) is 32.8 Å². The first-order valence-corrected chi connectivity index (χ1v) is 6.16. The number of hydrogen-bond donors (Lipinski definition) is 1. The van der Waals surface area contributed by atoms with Crippen molar-refractivity contribution in [3.63, 3.8) is 0 Å². The van der Waals surface area contributed by atoms with Crippen LogP contribution in [-0.2, 0) is 14.3 Å². The molecular formula is C13H22NO3+. The van der Waals surface area contributed by atoms with Gasteiger partial charge in [0.25, 0.3) is 0 Å². The number of nitrogens with one attached hydrogen (secondary N) is 1. The normalized spacial score (nSPS) is 19.9. The first kappa shape index (κ1) is 14.0. The van der Waals surface area contributed by atoms with Crippen molar-refractivity contribution in [1.29, 1.82) is 0 Å². The van der Waals surface area contributed by atoms with Crippen LogP contribution in [0.1, 0.15) is 27.2 Å². The molecular weight excluding hydrogens is 218 g/mol. The van der Waals surface area contributed by atoms with Gasteiger partial charge in [-0.3, -0.25) is 4.79 Å². The predicted octanol–water partition coefficient (Wildman–Crippen LogP) is -0.363. The summed E-state index contributed by atoms with van der Waals surface area (Å²) in [5.74, 6) is 5.93. The minimum atomic E-state index is -0.641. The third kappa shape index (κ3) is 5.20. The number of esters is 1. The SMILES string of the molecule is CC[C@@](C)(C#CC[NH+]1CCOCC1)OC(C)=O. The third-order valence-electron chi connectivity index (χ3n) is 2.93. The molecule has 0 aromatic carbocycles. The summed E-state index contributed by atoms with van der Waals surface area (Å²) in [4.78, 5) is 12.4. The summed E-state index contributed by atoms with van der Waals surface area (Å²) >= 11 is 0. The van der Waals surface area contributed by atoms with Gasteiger partial charge < -0.3 is 14.4 Å². The van der Waals surface area contributed by atoms with Gasteiger partial charge in [-0.05, 0) is 25.2 Å².